The molecule has 2 amide bonds. The van der Waals surface area contributed by atoms with E-state index in [4.69, 9.17) is 10.7 Å². The average molecular weight is 551 g/mol. The standard InChI is InChI=1S/C31H26N4O4S/c1-19-16-24(20(2)35(19)26-14-12-22(13-15-26)28(32)36)17-27-29(37)34(18-21-8-10-23(11-9-21)30(38)39)31(40-27)33-25-6-4-3-5-7-25/h3-17H,18H2,1-2H3,(H2,32,36)(H,38,39)/b27-17-,33-31?. The zero-order chi connectivity index (χ0) is 28.4. The maximum Gasteiger partial charge on any atom is 0.335 e. The Balaban J connectivity index is 1.49. The van der Waals surface area contributed by atoms with Crippen LogP contribution in [0.1, 0.15) is 43.2 Å². The molecule has 0 unspecified atom stereocenters. The first-order valence-electron chi connectivity index (χ1n) is 12.5. The number of hydrogen-bond donors (Lipinski definition) is 2. The molecule has 9 heteroatoms. The number of aromatic carboxylic acids is 1. The summed E-state index contributed by atoms with van der Waals surface area (Å²) >= 11 is 1.30. The number of primary amides is 1. The van der Waals surface area contributed by atoms with Gasteiger partial charge in [0.05, 0.1) is 22.7 Å². The van der Waals surface area contributed by atoms with E-state index in [9.17, 15) is 19.5 Å². The van der Waals surface area contributed by atoms with Crippen LogP contribution in [0.2, 0.25) is 0 Å². The summed E-state index contributed by atoms with van der Waals surface area (Å²) in [7, 11) is 0. The van der Waals surface area contributed by atoms with Crippen LogP contribution >= 0.6 is 11.8 Å². The predicted octanol–water partition coefficient (Wildman–Crippen LogP) is 5.70. The Morgan fingerprint density at radius 2 is 1.60 bits per heavy atom. The SMILES string of the molecule is Cc1cc(/C=C2\SC(=Nc3ccccc3)N(Cc3ccc(C(=O)O)cc3)C2=O)c(C)n1-c1ccc(C(N)=O)cc1. The molecule has 1 aliphatic rings. The van der Waals surface area contributed by atoms with E-state index >= 15 is 0 Å². The lowest BCUT2D eigenvalue weighted by atomic mass is 10.1. The van der Waals surface area contributed by atoms with Gasteiger partial charge in [0.25, 0.3) is 5.91 Å². The first-order valence-corrected chi connectivity index (χ1v) is 13.3. The lowest BCUT2D eigenvalue weighted by Gasteiger charge is -2.16. The minimum absolute atomic E-state index is 0.183. The van der Waals surface area contributed by atoms with Crippen LogP contribution < -0.4 is 5.73 Å². The Bertz CT molecular complexity index is 1670. The molecule has 1 aromatic heterocycles. The van der Waals surface area contributed by atoms with E-state index in [1.54, 1.807) is 29.2 Å². The Morgan fingerprint density at radius 3 is 2.23 bits per heavy atom. The quantitative estimate of drug-likeness (QED) is 0.287. The van der Waals surface area contributed by atoms with Gasteiger partial charge in [0.2, 0.25) is 5.91 Å². The maximum atomic E-state index is 13.7. The van der Waals surface area contributed by atoms with Crippen LogP contribution in [0.15, 0.2) is 94.8 Å². The van der Waals surface area contributed by atoms with Crippen molar-refractivity contribution in [1.82, 2.24) is 9.47 Å². The normalized spacial score (nSPS) is 15.2. The van der Waals surface area contributed by atoms with Crippen molar-refractivity contribution in [3.05, 3.63) is 123 Å². The number of carboxylic acids is 1. The Morgan fingerprint density at radius 1 is 0.950 bits per heavy atom. The highest BCUT2D eigenvalue weighted by Crippen LogP contribution is 2.36. The summed E-state index contributed by atoms with van der Waals surface area (Å²) in [6.07, 6.45) is 1.87. The third kappa shape index (κ3) is 5.45. The van der Waals surface area contributed by atoms with Gasteiger partial charge < -0.3 is 15.4 Å². The number of aromatic nitrogens is 1. The highest BCUT2D eigenvalue weighted by Gasteiger charge is 2.34. The van der Waals surface area contributed by atoms with Gasteiger partial charge in [0.1, 0.15) is 0 Å². The fraction of sp³-hybridized carbons (Fsp3) is 0.0968. The molecular weight excluding hydrogens is 524 g/mol. The molecule has 1 aliphatic heterocycles. The summed E-state index contributed by atoms with van der Waals surface area (Å²) < 4.78 is 2.06. The topological polar surface area (TPSA) is 118 Å². The summed E-state index contributed by atoms with van der Waals surface area (Å²) in [4.78, 5) is 43.3. The summed E-state index contributed by atoms with van der Waals surface area (Å²) in [5.74, 6) is -1.67. The van der Waals surface area contributed by atoms with E-state index in [2.05, 4.69) is 4.57 Å². The van der Waals surface area contributed by atoms with Gasteiger partial charge in [-0.15, -0.1) is 0 Å². The predicted molar refractivity (Wildman–Crippen MR) is 157 cm³/mol. The first kappa shape index (κ1) is 26.7. The van der Waals surface area contributed by atoms with Gasteiger partial charge >= 0.3 is 5.97 Å². The average Bonchev–Trinajstić information content (AvgIpc) is 3.38. The number of carbonyl (C=O) groups is 3. The van der Waals surface area contributed by atoms with Crippen molar-refractivity contribution in [3.8, 4) is 5.69 Å². The fourth-order valence-corrected chi connectivity index (χ4v) is 5.51. The molecule has 8 nitrogen and oxygen atoms in total. The van der Waals surface area contributed by atoms with Gasteiger partial charge in [-0.2, -0.15) is 0 Å². The minimum Gasteiger partial charge on any atom is -0.478 e. The number of carboxylic acid groups (broad SMARTS) is 1. The van der Waals surface area contributed by atoms with Crippen molar-refractivity contribution in [2.75, 3.05) is 0 Å². The summed E-state index contributed by atoms with van der Waals surface area (Å²) in [5.41, 5.74) is 11.2. The molecule has 40 heavy (non-hydrogen) atoms. The molecule has 200 valence electrons. The molecule has 0 bridgehead atoms. The summed E-state index contributed by atoms with van der Waals surface area (Å²) in [5, 5.41) is 9.76. The molecule has 2 heterocycles. The molecule has 5 rings (SSSR count). The number of hydrogen-bond acceptors (Lipinski definition) is 5. The molecule has 0 aliphatic carbocycles. The van der Waals surface area contributed by atoms with Crippen molar-refractivity contribution in [2.24, 2.45) is 10.7 Å². The zero-order valence-corrected chi connectivity index (χ0v) is 22.7. The molecule has 1 saturated heterocycles. The van der Waals surface area contributed by atoms with Gasteiger partial charge in [0.15, 0.2) is 5.17 Å². The van der Waals surface area contributed by atoms with Gasteiger partial charge in [0, 0.05) is 22.6 Å². The minimum atomic E-state index is -1.00. The van der Waals surface area contributed by atoms with E-state index < -0.39 is 11.9 Å². The van der Waals surface area contributed by atoms with Crippen LogP contribution in [0, 0.1) is 13.8 Å². The number of aryl methyl sites for hydroxylation is 1. The van der Waals surface area contributed by atoms with Crippen molar-refractivity contribution >= 4 is 46.5 Å². The van der Waals surface area contributed by atoms with Crippen LogP contribution in [0.4, 0.5) is 5.69 Å². The van der Waals surface area contributed by atoms with Crippen LogP contribution in [0.3, 0.4) is 0 Å². The molecule has 0 spiro atoms. The second kappa shape index (κ2) is 11.1. The van der Waals surface area contributed by atoms with Crippen molar-refractivity contribution in [3.63, 3.8) is 0 Å². The van der Waals surface area contributed by atoms with Crippen LogP contribution in [0.25, 0.3) is 11.8 Å². The number of para-hydroxylation sites is 1. The van der Waals surface area contributed by atoms with Crippen LogP contribution in [-0.4, -0.2) is 37.5 Å². The van der Waals surface area contributed by atoms with Gasteiger partial charge in [-0.3, -0.25) is 14.5 Å². The van der Waals surface area contributed by atoms with Crippen LogP contribution in [-0.2, 0) is 11.3 Å². The highest BCUT2D eigenvalue weighted by molar-refractivity contribution is 8.18. The molecule has 0 radical (unpaired) electrons. The summed E-state index contributed by atoms with van der Waals surface area (Å²) in [6.45, 7) is 4.21. The number of thioether (sulfide) groups is 1. The molecule has 0 saturated carbocycles. The third-order valence-electron chi connectivity index (χ3n) is 6.58. The van der Waals surface area contributed by atoms with Gasteiger partial charge in [-0.05, 0) is 97.4 Å². The monoisotopic (exact) mass is 550 g/mol. The van der Waals surface area contributed by atoms with Crippen molar-refractivity contribution in [2.45, 2.75) is 20.4 Å². The molecule has 1 fully saturated rings. The number of nitrogens with zero attached hydrogens (tertiary/aromatic N) is 3. The van der Waals surface area contributed by atoms with Gasteiger partial charge in [-0.25, -0.2) is 9.79 Å². The van der Waals surface area contributed by atoms with Crippen molar-refractivity contribution < 1.29 is 19.5 Å². The van der Waals surface area contributed by atoms with Gasteiger partial charge in [-0.1, -0.05) is 30.3 Å². The number of rotatable bonds is 7. The number of amidine groups is 1. The molecule has 3 N–H and O–H groups in total. The lowest BCUT2D eigenvalue weighted by Crippen LogP contribution is -2.28. The number of nitrogens with two attached hydrogens (primary N) is 1. The molecule has 0 atom stereocenters. The number of carbonyl (C=O) groups excluding carboxylic acids is 2. The van der Waals surface area contributed by atoms with E-state index in [-0.39, 0.29) is 18.0 Å². The molecule has 3 aromatic carbocycles. The number of amides is 2. The fourth-order valence-electron chi connectivity index (χ4n) is 4.53. The highest BCUT2D eigenvalue weighted by atomic mass is 32.2. The largest absolute Gasteiger partial charge is 0.478 e. The van der Waals surface area contributed by atoms with E-state index in [1.165, 1.54) is 23.9 Å². The summed E-state index contributed by atoms with van der Waals surface area (Å²) in [6, 6.07) is 25.0. The molecule has 4 aromatic rings. The zero-order valence-electron chi connectivity index (χ0n) is 21.9. The number of aliphatic imine (C=N–C) groups is 1. The van der Waals surface area contributed by atoms with E-state index in [1.807, 2.05) is 68.5 Å². The Kier molecular flexibility index (Phi) is 7.39. The smallest absolute Gasteiger partial charge is 0.335 e. The molecular formula is C31H26N4O4S. The van der Waals surface area contributed by atoms with Crippen LogP contribution in [0.5, 0.6) is 0 Å². The second-order valence-electron chi connectivity index (χ2n) is 9.31. The number of benzene rings is 3. The Hall–Kier alpha value is -4.89. The first-order chi connectivity index (χ1) is 19.2. The Labute approximate surface area is 235 Å². The third-order valence-corrected chi connectivity index (χ3v) is 7.58. The second-order valence-corrected chi connectivity index (χ2v) is 10.3. The maximum absolute atomic E-state index is 13.7. The van der Waals surface area contributed by atoms with E-state index in [0.29, 0.717) is 15.6 Å². The van der Waals surface area contributed by atoms with Crippen molar-refractivity contribution in [1.29, 1.82) is 0 Å². The lowest BCUT2D eigenvalue weighted by molar-refractivity contribution is -0.122. The van der Waals surface area contributed by atoms with E-state index in [0.717, 1.165) is 33.9 Å².